The van der Waals surface area contributed by atoms with Crippen molar-refractivity contribution in [3.8, 4) is 0 Å². The van der Waals surface area contributed by atoms with Crippen LogP contribution in [0.1, 0.15) is 48.0 Å². The summed E-state index contributed by atoms with van der Waals surface area (Å²) in [7, 11) is 1.08. The molecule has 0 fully saturated rings. The minimum absolute atomic E-state index is 0.0193. The maximum atomic E-state index is 13.0. The summed E-state index contributed by atoms with van der Waals surface area (Å²) in [5.41, 5.74) is -0.431. The first-order chi connectivity index (χ1) is 15.5. The minimum Gasteiger partial charge on any atom is -0.467 e. The molecule has 0 unspecified atom stereocenters. The molecule has 0 saturated heterocycles. The van der Waals surface area contributed by atoms with Crippen LogP contribution in [0, 0.1) is 0 Å². The summed E-state index contributed by atoms with van der Waals surface area (Å²) in [5, 5.41) is 4.59. The van der Waals surface area contributed by atoms with Gasteiger partial charge in [-0.15, -0.1) is 0 Å². The zero-order chi connectivity index (χ0) is 26.8. The fraction of sp³-hybridized carbons (Fsp3) is 0.522. The number of rotatable bonds is 11. The molecule has 0 aliphatic heterocycles. The van der Waals surface area contributed by atoms with Gasteiger partial charge in [-0.05, 0) is 47.1 Å². The van der Waals surface area contributed by atoms with Crippen molar-refractivity contribution in [2.75, 3.05) is 7.11 Å². The van der Waals surface area contributed by atoms with Crippen molar-refractivity contribution < 1.29 is 42.9 Å². The van der Waals surface area contributed by atoms with Gasteiger partial charge >= 0.3 is 24.0 Å². The zero-order valence-electron chi connectivity index (χ0n) is 20.7. The van der Waals surface area contributed by atoms with E-state index in [9.17, 15) is 24.0 Å². The molecule has 0 rings (SSSR count). The summed E-state index contributed by atoms with van der Waals surface area (Å²) in [6, 6.07) is -2.97. The molecule has 2 N–H and O–H groups in total. The van der Waals surface area contributed by atoms with Crippen LogP contribution in [0.15, 0.2) is 36.6 Å². The van der Waals surface area contributed by atoms with E-state index in [2.05, 4.69) is 35.1 Å². The lowest BCUT2D eigenvalue weighted by Crippen LogP contribution is -2.56. The van der Waals surface area contributed by atoms with Crippen LogP contribution in [0.3, 0.4) is 0 Å². The van der Waals surface area contributed by atoms with Crippen LogP contribution in [0.2, 0.25) is 0 Å². The SMILES string of the molecule is C=C(C)C(=C)OC(=O)C[C@H](NC(=O)OC(C)(C)C)C(=O)N[C@H](C(=O)OC)[C@@H](C)OC(=O)C(=C)C. The maximum absolute atomic E-state index is 13.0. The number of hydrogen-bond donors (Lipinski definition) is 2. The molecule has 0 aromatic heterocycles. The Labute approximate surface area is 199 Å². The molecule has 0 heterocycles. The first-order valence-electron chi connectivity index (χ1n) is 10.3. The Morgan fingerprint density at radius 3 is 1.94 bits per heavy atom. The summed E-state index contributed by atoms with van der Waals surface area (Å²) < 4.78 is 19.9. The van der Waals surface area contributed by atoms with E-state index in [1.165, 1.54) is 13.8 Å². The van der Waals surface area contributed by atoms with Crippen LogP contribution in [-0.4, -0.2) is 60.8 Å². The normalized spacial score (nSPS) is 13.3. The van der Waals surface area contributed by atoms with Crippen molar-refractivity contribution in [2.24, 2.45) is 0 Å². The first-order valence-corrected chi connectivity index (χ1v) is 10.3. The number of ether oxygens (including phenoxy) is 4. The number of methoxy groups -OCH3 is 1. The van der Waals surface area contributed by atoms with Gasteiger partial charge in [0, 0.05) is 5.57 Å². The zero-order valence-corrected chi connectivity index (χ0v) is 20.7. The molecule has 0 aliphatic carbocycles. The van der Waals surface area contributed by atoms with Crippen molar-refractivity contribution >= 4 is 29.9 Å². The average molecular weight is 483 g/mol. The molecule has 11 nitrogen and oxygen atoms in total. The Bertz CT molecular complexity index is 855. The first kappa shape index (κ1) is 30.4. The number of carbonyl (C=O) groups is 5. The minimum atomic E-state index is -1.52. The van der Waals surface area contributed by atoms with Gasteiger partial charge in [-0.25, -0.2) is 14.4 Å². The summed E-state index contributed by atoms with van der Waals surface area (Å²) >= 11 is 0. The van der Waals surface area contributed by atoms with Gasteiger partial charge in [0.05, 0.1) is 13.5 Å². The number of nitrogens with one attached hydrogen (secondary N) is 2. The molecule has 0 bridgehead atoms. The predicted molar refractivity (Wildman–Crippen MR) is 122 cm³/mol. The fourth-order valence-electron chi connectivity index (χ4n) is 2.18. The number of carbonyl (C=O) groups excluding carboxylic acids is 5. The van der Waals surface area contributed by atoms with Gasteiger partial charge in [0.2, 0.25) is 5.91 Å². The highest BCUT2D eigenvalue weighted by molar-refractivity contribution is 5.93. The van der Waals surface area contributed by atoms with E-state index < -0.39 is 60.1 Å². The standard InChI is InChI=1S/C23H34N2O9/c1-12(2)14(5)32-17(26)11-16(24-22(30)34-23(7,8)9)19(27)25-18(21(29)31-10)15(6)33-20(28)13(3)4/h15-16,18H,1,3,5,11H2,2,4,6-10H3,(H,24,30)(H,25,27)/t15-,16+,18+/m1/s1. The fourth-order valence-corrected chi connectivity index (χ4v) is 2.18. The molecule has 190 valence electrons. The van der Waals surface area contributed by atoms with Crippen molar-refractivity contribution in [1.29, 1.82) is 0 Å². The van der Waals surface area contributed by atoms with E-state index in [0.717, 1.165) is 7.11 Å². The van der Waals surface area contributed by atoms with Crippen LogP contribution < -0.4 is 10.6 Å². The second-order valence-electron chi connectivity index (χ2n) is 8.48. The topological polar surface area (TPSA) is 146 Å². The highest BCUT2D eigenvalue weighted by atomic mass is 16.6. The number of allylic oxidation sites excluding steroid dienone is 1. The van der Waals surface area contributed by atoms with E-state index in [4.69, 9.17) is 14.2 Å². The molecule has 34 heavy (non-hydrogen) atoms. The molecule has 0 saturated carbocycles. The van der Waals surface area contributed by atoms with Crippen LogP contribution in [-0.2, 0) is 38.1 Å². The lowest BCUT2D eigenvalue weighted by atomic mass is 10.1. The van der Waals surface area contributed by atoms with Gasteiger partial charge in [-0.2, -0.15) is 0 Å². The highest BCUT2D eigenvalue weighted by Crippen LogP contribution is 2.11. The molecule has 0 aliphatic rings. The van der Waals surface area contributed by atoms with Gasteiger partial charge in [-0.3, -0.25) is 9.59 Å². The number of alkyl carbamates (subject to hydrolysis) is 1. The van der Waals surface area contributed by atoms with Gasteiger partial charge in [0.15, 0.2) is 6.04 Å². The Morgan fingerprint density at radius 1 is 0.941 bits per heavy atom. The molecule has 0 spiro atoms. The molecule has 11 heteroatoms. The van der Waals surface area contributed by atoms with Gasteiger partial charge in [-0.1, -0.05) is 19.7 Å². The van der Waals surface area contributed by atoms with Gasteiger partial charge in [0.25, 0.3) is 0 Å². The quantitative estimate of drug-likeness (QED) is 0.148. The maximum Gasteiger partial charge on any atom is 0.408 e. The van der Waals surface area contributed by atoms with E-state index in [1.807, 2.05) is 0 Å². The van der Waals surface area contributed by atoms with E-state index >= 15 is 0 Å². The van der Waals surface area contributed by atoms with Gasteiger partial charge in [0.1, 0.15) is 23.5 Å². The monoisotopic (exact) mass is 482 g/mol. The van der Waals surface area contributed by atoms with Crippen LogP contribution in [0.5, 0.6) is 0 Å². The Morgan fingerprint density at radius 2 is 1.50 bits per heavy atom. The molecule has 0 aromatic rings. The lowest BCUT2D eigenvalue weighted by molar-refractivity contribution is -0.155. The van der Waals surface area contributed by atoms with E-state index in [1.54, 1.807) is 27.7 Å². The van der Waals surface area contributed by atoms with Crippen LogP contribution in [0.25, 0.3) is 0 Å². The molecule has 0 aromatic carbocycles. The average Bonchev–Trinajstić information content (AvgIpc) is 2.68. The highest BCUT2D eigenvalue weighted by Gasteiger charge is 2.35. The largest absolute Gasteiger partial charge is 0.467 e. The van der Waals surface area contributed by atoms with Crippen molar-refractivity contribution in [3.63, 3.8) is 0 Å². The second-order valence-corrected chi connectivity index (χ2v) is 8.48. The Kier molecular flexibility index (Phi) is 11.8. The number of hydrogen-bond acceptors (Lipinski definition) is 9. The number of amides is 2. The third-order valence-electron chi connectivity index (χ3n) is 3.95. The second kappa shape index (κ2) is 13.2. The molecule has 0 radical (unpaired) electrons. The molecule has 3 atom stereocenters. The van der Waals surface area contributed by atoms with Crippen molar-refractivity contribution in [3.05, 3.63) is 36.6 Å². The third kappa shape index (κ3) is 11.3. The summed E-state index contributed by atoms with van der Waals surface area (Å²) in [6.07, 6.45) is -2.79. The summed E-state index contributed by atoms with van der Waals surface area (Å²) in [6.45, 7) is 19.7. The third-order valence-corrected chi connectivity index (χ3v) is 3.95. The van der Waals surface area contributed by atoms with Crippen molar-refractivity contribution in [2.45, 2.75) is 71.8 Å². The smallest absolute Gasteiger partial charge is 0.408 e. The number of esters is 3. The van der Waals surface area contributed by atoms with E-state index in [0.29, 0.717) is 5.57 Å². The summed E-state index contributed by atoms with van der Waals surface area (Å²) in [5.74, 6) is -3.60. The molecular formula is C23H34N2O9. The Hall–Kier alpha value is -3.63. The molecule has 2 amide bonds. The Balaban J connectivity index is 5.74. The summed E-state index contributed by atoms with van der Waals surface area (Å²) in [4.78, 5) is 61.6. The lowest BCUT2D eigenvalue weighted by Gasteiger charge is -2.26. The predicted octanol–water partition coefficient (Wildman–Crippen LogP) is 2.07. The molecular weight excluding hydrogens is 448 g/mol. The van der Waals surface area contributed by atoms with Gasteiger partial charge < -0.3 is 29.6 Å². The van der Waals surface area contributed by atoms with Crippen LogP contribution in [0.4, 0.5) is 4.79 Å². The van der Waals surface area contributed by atoms with Crippen molar-refractivity contribution in [1.82, 2.24) is 10.6 Å². The van der Waals surface area contributed by atoms with Crippen LogP contribution >= 0.6 is 0 Å². The van der Waals surface area contributed by atoms with E-state index in [-0.39, 0.29) is 11.3 Å².